The zero-order chi connectivity index (χ0) is 12.8. The largest absolute Gasteiger partial charge is 0.481 e. The van der Waals surface area contributed by atoms with Crippen molar-refractivity contribution in [1.29, 1.82) is 0 Å². The highest BCUT2D eigenvalue weighted by molar-refractivity contribution is 9.10. The Kier molecular flexibility index (Phi) is 6.44. The number of halogens is 1. The van der Waals surface area contributed by atoms with Crippen LogP contribution in [-0.2, 0) is 11.2 Å². The highest BCUT2D eigenvalue weighted by atomic mass is 79.9. The third-order valence-corrected chi connectivity index (χ3v) is 4.98. The smallest absolute Gasteiger partial charge is 0.303 e. The molecule has 0 bridgehead atoms. The second-order valence-electron chi connectivity index (χ2n) is 3.56. The maximum atomic E-state index is 10.5. The molecule has 1 aromatic rings. The summed E-state index contributed by atoms with van der Waals surface area (Å²) < 4.78 is 1.10. The lowest BCUT2D eigenvalue weighted by molar-refractivity contribution is -0.137. The Hall–Kier alpha value is -0.130. The summed E-state index contributed by atoms with van der Waals surface area (Å²) in [6.45, 7) is 0. The third-order valence-electron chi connectivity index (χ3n) is 2.35. The van der Waals surface area contributed by atoms with Gasteiger partial charge < -0.3 is 5.11 Å². The van der Waals surface area contributed by atoms with Gasteiger partial charge in [-0.2, -0.15) is 0 Å². The molecule has 1 N–H and O–H groups in total. The Morgan fingerprint density at radius 2 is 2.06 bits per heavy atom. The van der Waals surface area contributed by atoms with Crippen molar-refractivity contribution in [3.05, 3.63) is 22.2 Å². The van der Waals surface area contributed by atoms with Gasteiger partial charge in [-0.05, 0) is 59.0 Å². The van der Waals surface area contributed by atoms with Crippen molar-refractivity contribution in [2.75, 3.05) is 12.5 Å². The van der Waals surface area contributed by atoms with Crippen LogP contribution < -0.4 is 0 Å². The predicted molar refractivity (Wildman–Crippen MR) is 78.3 cm³/mol. The lowest BCUT2D eigenvalue weighted by atomic mass is 10.1. The first kappa shape index (κ1) is 14.9. The number of hydrogen-bond donors (Lipinski definition) is 1. The number of carbonyl (C=O) groups is 1. The van der Waals surface area contributed by atoms with E-state index in [1.54, 1.807) is 23.5 Å². The molecule has 0 radical (unpaired) electrons. The molecule has 1 aromatic carbocycles. The summed E-state index contributed by atoms with van der Waals surface area (Å²) in [5, 5.41) is 8.61. The summed E-state index contributed by atoms with van der Waals surface area (Å²) in [7, 11) is 0. The number of aliphatic carboxylic acids is 1. The van der Waals surface area contributed by atoms with Crippen molar-refractivity contribution in [3.63, 3.8) is 0 Å². The first-order valence-corrected chi connectivity index (χ1v) is 8.45. The fourth-order valence-electron chi connectivity index (χ4n) is 1.56. The van der Waals surface area contributed by atoms with Crippen LogP contribution >= 0.6 is 39.5 Å². The summed E-state index contributed by atoms with van der Waals surface area (Å²) in [5.41, 5.74) is 1.19. The molecule has 0 atom stereocenters. The molecule has 1 rings (SSSR count). The van der Waals surface area contributed by atoms with E-state index < -0.39 is 5.97 Å². The molecule has 0 heterocycles. The van der Waals surface area contributed by atoms with Crippen molar-refractivity contribution in [2.24, 2.45) is 0 Å². The van der Waals surface area contributed by atoms with Crippen molar-refractivity contribution in [3.8, 4) is 0 Å². The van der Waals surface area contributed by atoms with E-state index in [0.717, 1.165) is 10.9 Å². The quantitative estimate of drug-likeness (QED) is 0.787. The minimum absolute atomic E-state index is 0.233. The van der Waals surface area contributed by atoms with Crippen LogP contribution in [0.25, 0.3) is 0 Å². The topological polar surface area (TPSA) is 37.3 Å². The fourth-order valence-corrected chi connectivity index (χ4v) is 4.26. The minimum Gasteiger partial charge on any atom is -0.481 e. The average Bonchev–Trinajstić information content (AvgIpc) is 2.27. The summed E-state index contributed by atoms with van der Waals surface area (Å²) in [5.74, 6) is -0.727. The summed E-state index contributed by atoms with van der Waals surface area (Å²) >= 11 is 7.01. The van der Waals surface area contributed by atoms with E-state index >= 15 is 0 Å². The van der Waals surface area contributed by atoms with Gasteiger partial charge in [0.1, 0.15) is 0 Å². The first-order chi connectivity index (χ1) is 8.08. The molecule has 17 heavy (non-hydrogen) atoms. The van der Waals surface area contributed by atoms with Crippen molar-refractivity contribution in [2.45, 2.75) is 29.1 Å². The van der Waals surface area contributed by atoms with Crippen LogP contribution in [0.3, 0.4) is 0 Å². The Labute approximate surface area is 119 Å². The molecular weight excluding hydrogens is 320 g/mol. The van der Waals surface area contributed by atoms with Gasteiger partial charge >= 0.3 is 5.97 Å². The van der Waals surface area contributed by atoms with Gasteiger partial charge in [-0.3, -0.25) is 4.79 Å². The molecule has 0 saturated carbocycles. The number of benzene rings is 1. The van der Waals surface area contributed by atoms with Crippen LogP contribution in [0.4, 0.5) is 0 Å². The molecule has 0 aliphatic carbocycles. The van der Waals surface area contributed by atoms with Crippen LogP contribution in [-0.4, -0.2) is 23.6 Å². The van der Waals surface area contributed by atoms with Crippen LogP contribution in [0, 0.1) is 0 Å². The standard InChI is InChI=1S/C12H15BrO2S2/c1-16-10-7-8(4-3-5-11(14)15)6-9(13)12(10)17-2/h6-7H,3-5H2,1-2H3,(H,14,15). The molecule has 0 aromatic heterocycles. The van der Waals surface area contributed by atoms with Gasteiger partial charge in [-0.15, -0.1) is 23.5 Å². The van der Waals surface area contributed by atoms with Crippen molar-refractivity contribution in [1.82, 2.24) is 0 Å². The highest BCUT2D eigenvalue weighted by Gasteiger charge is 2.08. The van der Waals surface area contributed by atoms with E-state index in [1.807, 2.05) is 0 Å². The lowest BCUT2D eigenvalue weighted by Crippen LogP contribution is -1.96. The van der Waals surface area contributed by atoms with Gasteiger partial charge in [0.2, 0.25) is 0 Å². The molecule has 5 heteroatoms. The normalized spacial score (nSPS) is 10.5. The first-order valence-electron chi connectivity index (χ1n) is 5.20. The molecule has 0 amide bonds. The second kappa shape index (κ2) is 7.34. The number of hydrogen-bond acceptors (Lipinski definition) is 3. The van der Waals surface area contributed by atoms with Crippen LogP contribution in [0.2, 0.25) is 0 Å². The van der Waals surface area contributed by atoms with E-state index in [2.05, 4.69) is 40.6 Å². The number of thioether (sulfide) groups is 2. The van der Waals surface area contributed by atoms with Crippen LogP contribution in [0.1, 0.15) is 18.4 Å². The molecule has 0 aliphatic heterocycles. The Bertz CT molecular complexity index is 408. The maximum Gasteiger partial charge on any atom is 0.303 e. The summed E-state index contributed by atoms with van der Waals surface area (Å²) in [6, 6.07) is 4.25. The Morgan fingerprint density at radius 3 is 2.59 bits per heavy atom. The van der Waals surface area contributed by atoms with E-state index in [1.165, 1.54) is 15.4 Å². The Morgan fingerprint density at radius 1 is 1.35 bits per heavy atom. The summed E-state index contributed by atoms with van der Waals surface area (Å²) in [6.07, 6.45) is 5.85. The maximum absolute atomic E-state index is 10.5. The molecule has 0 fully saturated rings. The number of carboxylic acids is 1. The monoisotopic (exact) mass is 334 g/mol. The molecule has 94 valence electrons. The third kappa shape index (κ3) is 4.56. The molecule has 0 spiro atoms. The van der Waals surface area contributed by atoms with Crippen molar-refractivity contribution >= 4 is 45.4 Å². The van der Waals surface area contributed by atoms with Crippen LogP contribution in [0.5, 0.6) is 0 Å². The van der Waals surface area contributed by atoms with E-state index in [0.29, 0.717) is 6.42 Å². The Balaban J connectivity index is 2.80. The van der Waals surface area contributed by atoms with Gasteiger partial charge in [0.15, 0.2) is 0 Å². The number of carboxylic acid groups (broad SMARTS) is 1. The zero-order valence-electron chi connectivity index (χ0n) is 9.83. The molecule has 0 aliphatic rings. The minimum atomic E-state index is -0.727. The van der Waals surface area contributed by atoms with E-state index in [-0.39, 0.29) is 6.42 Å². The molecule has 2 nitrogen and oxygen atoms in total. The van der Waals surface area contributed by atoms with Gasteiger partial charge in [-0.25, -0.2) is 0 Å². The van der Waals surface area contributed by atoms with Gasteiger partial charge in [0, 0.05) is 20.7 Å². The lowest BCUT2D eigenvalue weighted by Gasteiger charge is -2.10. The van der Waals surface area contributed by atoms with Crippen LogP contribution in [0.15, 0.2) is 26.4 Å². The van der Waals surface area contributed by atoms with E-state index in [9.17, 15) is 4.79 Å². The van der Waals surface area contributed by atoms with Crippen molar-refractivity contribution < 1.29 is 9.90 Å². The van der Waals surface area contributed by atoms with Gasteiger partial charge in [-0.1, -0.05) is 0 Å². The highest BCUT2D eigenvalue weighted by Crippen LogP contribution is 2.36. The zero-order valence-corrected chi connectivity index (χ0v) is 13.0. The fraction of sp³-hybridized carbons (Fsp3) is 0.417. The van der Waals surface area contributed by atoms with Gasteiger partial charge in [0.05, 0.1) is 0 Å². The predicted octanol–water partition coefficient (Wildman–Crippen LogP) is 4.30. The molecule has 0 saturated heterocycles. The van der Waals surface area contributed by atoms with Gasteiger partial charge in [0.25, 0.3) is 0 Å². The second-order valence-corrected chi connectivity index (χ2v) is 6.08. The molecule has 0 unspecified atom stereocenters. The molecular formula is C12H15BrO2S2. The van der Waals surface area contributed by atoms with E-state index in [4.69, 9.17) is 5.11 Å². The average molecular weight is 335 g/mol. The summed E-state index contributed by atoms with van der Waals surface area (Å²) in [4.78, 5) is 13.0. The SMILES string of the molecule is CSc1cc(CCCC(=O)O)cc(Br)c1SC. The number of rotatable bonds is 6. The number of aryl methyl sites for hydroxylation is 1.